The molecule has 2 aromatic rings. The minimum atomic E-state index is 0.684. The van der Waals surface area contributed by atoms with Crippen molar-refractivity contribution in [1.29, 1.82) is 5.26 Å². The molecule has 0 amide bonds. The van der Waals surface area contributed by atoms with Crippen LogP contribution < -0.4 is 10.6 Å². The highest BCUT2D eigenvalue weighted by atomic mass is 79.9. The van der Waals surface area contributed by atoms with Crippen molar-refractivity contribution in [3.8, 4) is 6.07 Å². The van der Waals surface area contributed by atoms with E-state index in [2.05, 4.69) is 33.0 Å². The standard InChI is InChI=1S/C15H12BrN3/c16-14-2-1-3-15(13(14)7-17)19-8-10-4-5-12(18)6-11(10)9-19/h1-6H,8-9,18H2. The molecule has 94 valence electrons. The molecule has 1 aliphatic heterocycles. The lowest BCUT2D eigenvalue weighted by molar-refractivity contribution is 0.878. The maximum atomic E-state index is 9.29. The molecule has 3 nitrogen and oxygen atoms in total. The molecule has 19 heavy (non-hydrogen) atoms. The number of nitriles is 1. The molecule has 0 saturated heterocycles. The third-order valence-corrected chi connectivity index (χ3v) is 4.06. The van der Waals surface area contributed by atoms with Gasteiger partial charge in [0.15, 0.2) is 0 Å². The molecule has 0 saturated carbocycles. The SMILES string of the molecule is N#Cc1c(Br)cccc1N1Cc2ccc(N)cc2C1. The molecule has 4 heteroatoms. The molecule has 0 aliphatic carbocycles. The van der Waals surface area contributed by atoms with E-state index in [1.165, 1.54) is 11.1 Å². The molecule has 0 radical (unpaired) electrons. The van der Waals surface area contributed by atoms with Crippen LogP contribution in [-0.4, -0.2) is 0 Å². The largest absolute Gasteiger partial charge is 0.399 e. The van der Waals surface area contributed by atoms with E-state index >= 15 is 0 Å². The first kappa shape index (κ1) is 12.1. The second kappa shape index (κ2) is 4.60. The fourth-order valence-electron chi connectivity index (χ4n) is 2.47. The Morgan fingerprint density at radius 2 is 1.95 bits per heavy atom. The molecule has 0 atom stereocenters. The van der Waals surface area contributed by atoms with Crippen LogP contribution in [0.15, 0.2) is 40.9 Å². The van der Waals surface area contributed by atoms with E-state index in [1.54, 1.807) is 0 Å². The number of nitrogens with two attached hydrogens (primary N) is 1. The molecule has 1 heterocycles. The second-order valence-electron chi connectivity index (χ2n) is 4.63. The summed E-state index contributed by atoms with van der Waals surface area (Å²) >= 11 is 3.43. The Kier molecular flexibility index (Phi) is 2.92. The lowest BCUT2D eigenvalue weighted by Gasteiger charge is -2.19. The molecule has 0 unspecified atom stereocenters. The zero-order chi connectivity index (χ0) is 13.4. The molecule has 0 aromatic heterocycles. The average molecular weight is 314 g/mol. The fraction of sp³-hybridized carbons (Fsp3) is 0.133. The average Bonchev–Trinajstić information content (AvgIpc) is 2.81. The number of hydrogen-bond acceptors (Lipinski definition) is 3. The minimum absolute atomic E-state index is 0.684. The molecular weight excluding hydrogens is 302 g/mol. The first-order valence-corrected chi connectivity index (χ1v) is 6.79. The second-order valence-corrected chi connectivity index (χ2v) is 5.48. The third kappa shape index (κ3) is 2.06. The Balaban J connectivity index is 2.00. The van der Waals surface area contributed by atoms with Gasteiger partial charge in [0.25, 0.3) is 0 Å². The minimum Gasteiger partial charge on any atom is -0.399 e. The van der Waals surface area contributed by atoms with Crippen LogP contribution in [0.2, 0.25) is 0 Å². The van der Waals surface area contributed by atoms with Crippen molar-refractivity contribution < 1.29 is 0 Å². The monoisotopic (exact) mass is 313 g/mol. The summed E-state index contributed by atoms with van der Waals surface area (Å²) < 4.78 is 0.836. The summed E-state index contributed by atoms with van der Waals surface area (Å²) in [6.07, 6.45) is 0. The number of nitrogens with zero attached hydrogens (tertiary/aromatic N) is 2. The Bertz CT molecular complexity index is 688. The molecule has 0 fully saturated rings. The van der Waals surface area contributed by atoms with Gasteiger partial charge in [0, 0.05) is 23.2 Å². The van der Waals surface area contributed by atoms with Crippen LogP contribution in [0, 0.1) is 11.3 Å². The number of rotatable bonds is 1. The molecule has 1 aliphatic rings. The van der Waals surface area contributed by atoms with E-state index in [0.29, 0.717) is 5.56 Å². The number of nitrogen functional groups attached to an aromatic ring is 1. The molecule has 2 aromatic carbocycles. The molecular formula is C15H12BrN3. The Morgan fingerprint density at radius 3 is 2.74 bits per heavy atom. The van der Waals surface area contributed by atoms with E-state index in [-0.39, 0.29) is 0 Å². The van der Waals surface area contributed by atoms with Crippen LogP contribution >= 0.6 is 15.9 Å². The van der Waals surface area contributed by atoms with Crippen LogP contribution in [0.3, 0.4) is 0 Å². The van der Waals surface area contributed by atoms with Gasteiger partial charge in [-0.2, -0.15) is 5.26 Å². The van der Waals surface area contributed by atoms with Crippen LogP contribution in [0.5, 0.6) is 0 Å². The summed E-state index contributed by atoms with van der Waals surface area (Å²) in [4.78, 5) is 2.20. The van der Waals surface area contributed by atoms with Gasteiger partial charge < -0.3 is 10.6 Å². The van der Waals surface area contributed by atoms with E-state index < -0.39 is 0 Å². The van der Waals surface area contributed by atoms with E-state index in [9.17, 15) is 5.26 Å². The first-order chi connectivity index (χ1) is 9.19. The maximum absolute atomic E-state index is 9.29. The van der Waals surface area contributed by atoms with Gasteiger partial charge in [0.2, 0.25) is 0 Å². The Morgan fingerprint density at radius 1 is 1.16 bits per heavy atom. The summed E-state index contributed by atoms with van der Waals surface area (Å²) in [7, 11) is 0. The summed E-state index contributed by atoms with van der Waals surface area (Å²) in [5.41, 5.74) is 10.8. The van der Waals surface area contributed by atoms with Crippen molar-refractivity contribution in [1.82, 2.24) is 0 Å². The van der Waals surface area contributed by atoms with Gasteiger partial charge in [-0.1, -0.05) is 12.1 Å². The van der Waals surface area contributed by atoms with Crippen molar-refractivity contribution in [2.24, 2.45) is 0 Å². The number of anilines is 2. The van der Waals surface area contributed by atoms with Crippen molar-refractivity contribution in [2.45, 2.75) is 13.1 Å². The lowest BCUT2D eigenvalue weighted by Crippen LogP contribution is -2.15. The van der Waals surface area contributed by atoms with Crippen molar-refractivity contribution >= 4 is 27.3 Å². The topological polar surface area (TPSA) is 53.0 Å². The van der Waals surface area contributed by atoms with Crippen LogP contribution in [0.25, 0.3) is 0 Å². The number of halogens is 1. The highest BCUT2D eigenvalue weighted by Crippen LogP contribution is 2.33. The van der Waals surface area contributed by atoms with Crippen LogP contribution in [-0.2, 0) is 13.1 Å². The number of hydrogen-bond donors (Lipinski definition) is 1. The highest BCUT2D eigenvalue weighted by molar-refractivity contribution is 9.10. The van der Waals surface area contributed by atoms with Crippen molar-refractivity contribution in [3.63, 3.8) is 0 Å². The molecule has 0 spiro atoms. The van der Waals surface area contributed by atoms with Crippen LogP contribution in [0.4, 0.5) is 11.4 Å². The fourth-order valence-corrected chi connectivity index (χ4v) is 2.92. The predicted molar refractivity (Wildman–Crippen MR) is 79.6 cm³/mol. The van der Waals surface area contributed by atoms with Crippen molar-refractivity contribution in [2.75, 3.05) is 10.6 Å². The van der Waals surface area contributed by atoms with Gasteiger partial charge in [-0.25, -0.2) is 0 Å². The predicted octanol–water partition coefficient (Wildman–Crippen LogP) is 3.42. The normalized spacial score (nSPS) is 13.2. The molecule has 2 N–H and O–H groups in total. The molecule has 3 rings (SSSR count). The molecule has 0 bridgehead atoms. The van der Waals surface area contributed by atoms with Gasteiger partial charge in [-0.3, -0.25) is 0 Å². The summed E-state index contributed by atoms with van der Waals surface area (Å²) in [6.45, 7) is 1.62. The van der Waals surface area contributed by atoms with Crippen molar-refractivity contribution in [3.05, 3.63) is 57.6 Å². The number of benzene rings is 2. The lowest BCUT2D eigenvalue weighted by atomic mass is 10.1. The maximum Gasteiger partial charge on any atom is 0.103 e. The highest BCUT2D eigenvalue weighted by Gasteiger charge is 2.22. The van der Waals surface area contributed by atoms with Gasteiger partial charge in [-0.05, 0) is 51.3 Å². The zero-order valence-electron chi connectivity index (χ0n) is 10.2. The summed E-state index contributed by atoms with van der Waals surface area (Å²) in [5.74, 6) is 0. The van der Waals surface area contributed by atoms with E-state index in [4.69, 9.17) is 5.73 Å². The van der Waals surface area contributed by atoms with Gasteiger partial charge in [0.1, 0.15) is 6.07 Å². The van der Waals surface area contributed by atoms with E-state index in [1.807, 2.05) is 30.3 Å². The summed E-state index contributed by atoms with van der Waals surface area (Å²) in [6, 6.07) is 14.1. The van der Waals surface area contributed by atoms with Crippen LogP contribution in [0.1, 0.15) is 16.7 Å². The van der Waals surface area contributed by atoms with E-state index in [0.717, 1.165) is 28.9 Å². The van der Waals surface area contributed by atoms with Gasteiger partial charge in [-0.15, -0.1) is 0 Å². The first-order valence-electron chi connectivity index (χ1n) is 6.00. The van der Waals surface area contributed by atoms with Gasteiger partial charge >= 0.3 is 0 Å². The smallest absolute Gasteiger partial charge is 0.103 e. The number of fused-ring (bicyclic) bond motifs is 1. The Labute approximate surface area is 120 Å². The van der Waals surface area contributed by atoms with Gasteiger partial charge in [0.05, 0.1) is 11.3 Å². The third-order valence-electron chi connectivity index (χ3n) is 3.40. The zero-order valence-corrected chi connectivity index (χ0v) is 11.8. The quantitative estimate of drug-likeness (QED) is 0.821. The Hall–Kier alpha value is -1.99. The summed E-state index contributed by atoms with van der Waals surface area (Å²) in [5, 5.41) is 9.29.